The Balaban J connectivity index is 2.00. The maximum atomic E-state index is 4.37. The van der Waals surface area contributed by atoms with E-state index >= 15 is 0 Å². The standard InChI is InChI=1S/C16H23N3/c1-3-9-17-11-14-5-7-15(8-6-14)16-12-18-19(13-16)10-4-2/h5-8,12-13,17H,3-4,9-11H2,1-2H3. The minimum Gasteiger partial charge on any atom is -0.313 e. The highest BCUT2D eigenvalue weighted by Gasteiger charge is 2.01. The van der Waals surface area contributed by atoms with Gasteiger partial charge in [-0.05, 0) is 30.5 Å². The van der Waals surface area contributed by atoms with Crippen LogP contribution in [0.2, 0.25) is 0 Å². The van der Waals surface area contributed by atoms with Gasteiger partial charge in [-0.2, -0.15) is 5.10 Å². The van der Waals surface area contributed by atoms with Crippen molar-refractivity contribution in [1.29, 1.82) is 0 Å². The van der Waals surface area contributed by atoms with Crippen LogP contribution in [0, 0.1) is 0 Å². The van der Waals surface area contributed by atoms with Crippen LogP contribution in [0.25, 0.3) is 11.1 Å². The molecule has 102 valence electrons. The molecular formula is C16H23N3. The van der Waals surface area contributed by atoms with Crippen molar-refractivity contribution in [2.75, 3.05) is 6.54 Å². The Labute approximate surface area is 115 Å². The number of rotatable bonds is 7. The first-order valence-corrected chi connectivity index (χ1v) is 7.16. The molecule has 2 aromatic rings. The molecule has 3 nitrogen and oxygen atoms in total. The molecule has 0 fully saturated rings. The van der Waals surface area contributed by atoms with Gasteiger partial charge in [-0.15, -0.1) is 0 Å². The van der Waals surface area contributed by atoms with Crippen molar-refractivity contribution < 1.29 is 0 Å². The lowest BCUT2D eigenvalue weighted by Crippen LogP contribution is -2.13. The van der Waals surface area contributed by atoms with E-state index in [9.17, 15) is 0 Å². The van der Waals surface area contributed by atoms with E-state index in [1.807, 2.05) is 10.9 Å². The van der Waals surface area contributed by atoms with Gasteiger partial charge < -0.3 is 5.32 Å². The Hall–Kier alpha value is -1.61. The van der Waals surface area contributed by atoms with Gasteiger partial charge in [0.25, 0.3) is 0 Å². The van der Waals surface area contributed by atoms with Crippen LogP contribution in [0.1, 0.15) is 32.3 Å². The molecule has 2 rings (SSSR count). The highest BCUT2D eigenvalue weighted by Crippen LogP contribution is 2.19. The van der Waals surface area contributed by atoms with Gasteiger partial charge in [-0.3, -0.25) is 4.68 Å². The second-order valence-electron chi connectivity index (χ2n) is 4.87. The summed E-state index contributed by atoms with van der Waals surface area (Å²) in [6.45, 7) is 7.36. The average Bonchev–Trinajstić information content (AvgIpc) is 2.89. The minimum absolute atomic E-state index is 0.948. The van der Waals surface area contributed by atoms with E-state index in [1.165, 1.54) is 23.1 Å². The molecule has 0 radical (unpaired) electrons. The lowest BCUT2D eigenvalue weighted by Gasteiger charge is -2.04. The molecule has 1 aromatic carbocycles. The van der Waals surface area contributed by atoms with Crippen molar-refractivity contribution in [1.82, 2.24) is 15.1 Å². The van der Waals surface area contributed by atoms with Gasteiger partial charge in [-0.1, -0.05) is 38.1 Å². The van der Waals surface area contributed by atoms with E-state index in [0.29, 0.717) is 0 Å². The smallest absolute Gasteiger partial charge is 0.0568 e. The van der Waals surface area contributed by atoms with Crippen molar-refractivity contribution >= 4 is 0 Å². The third kappa shape index (κ3) is 3.93. The molecule has 1 heterocycles. The monoisotopic (exact) mass is 257 g/mol. The number of nitrogens with one attached hydrogen (secondary N) is 1. The van der Waals surface area contributed by atoms with Gasteiger partial charge in [0, 0.05) is 24.8 Å². The van der Waals surface area contributed by atoms with Crippen LogP contribution in [0.5, 0.6) is 0 Å². The predicted molar refractivity (Wildman–Crippen MR) is 80.0 cm³/mol. The molecule has 0 unspecified atom stereocenters. The molecule has 19 heavy (non-hydrogen) atoms. The van der Waals surface area contributed by atoms with E-state index in [2.05, 4.69) is 54.7 Å². The van der Waals surface area contributed by atoms with Crippen LogP contribution in [0.15, 0.2) is 36.7 Å². The molecule has 0 atom stereocenters. The van der Waals surface area contributed by atoms with Crippen LogP contribution >= 0.6 is 0 Å². The molecule has 0 aliphatic heterocycles. The molecule has 0 saturated heterocycles. The van der Waals surface area contributed by atoms with Crippen LogP contribution in [-0.2, 0) is 13.1 Å². The highest BCUT2D eigenvalue weighted by atomic mass is 15.3. The lowest BCUT2D eigenvalue weighted by atomic mass is 10.1. The number of aromatic nitrogens is 2. The molecule has 0 bridgehead atoms. The largest absolute Gasteiger partial charge is 0.313 e. The molecule has 0 spiro atoms. The second-order valence-corrected chi connectivity index (χ2v) is 4.87. The summed E-state index contributed by atoms with van der Waals surface area (Å²) in [6, 6.07) is 8.73. The van der Waals surface area contributed by atoms with Gasteiger partial charge in [0.15, 0.2) is 0 Å². The summed E-state index contributed by atoms with van der Waals surface area (Å²) in [5, 5.41) is 7.78. The zero-order chi connectivity index (χ0) is 13.5. The maximum Gasteiger partial charge on any atom is 0.0568 e. The first kappa shape index (κ1) is 13.8. The van der Waals surface area contributed by atoms with E-state index in [4.69, 9.17) is 0 Å². The van der Waals surface area contributed by atoms with E-state index < -0.39 is 0 Å². The van der Waals surface area contributed by atoms with Crippen molar-refractivity contribution in [3.8, 4) is 11.1 Å². The van der Waals surface area contributed by atoms with Crippen LogP contribution < -0.4 is 5.32 Å². The van der Waals surface area contributed by atoms with Gasteiger partial charge in [-0.25, -0.2) is 0 Å². The van der Waals surface area contributed by atoms with E-state index in [-0.39, 0.29) is 0 Å². The molecule has 0 aliphatic rings. The van der Waals surface area contributed by atoms with Crippen LogP contribution in [0.3, 0.4) is 0 Å². The topological polar surface area (TPSA) is 29.9 Å². The van der Waals surface area contributed by atoms with Crippen LogP contribution in [0.4, 0.5) is 0 Å². The summed E-state index contributed by atoms with van der Waals surface area (Å²) < 4.78 is 2.01. The normalized spacial score (nSPS) is 10.8. The number of benzene rings is 1. The SMILES string of the molecule is CCCNCc1ccc(-c2cnn(CCC)c2)cc1. The van der Waals surface area contributed by atoms with Crippen molar-refractivity contribution in [2.45, 2.75) is 39.8 Å². The van der Waals surface area contributed by atoms with Crippen molar-refractivity contribution in [2.24, 2.45) is 0 Å². The highest BCUT2D eigenvalue weighted by molar-refractivity contribution is 5.61. The Morgan fingerprint density at radius 3 is 2.53 bits per heavy atom. The van der Waals surface area contributed by atoms with Crippen LogP contribution in [-0.4, -0.2) is 16.3 Å². The number of aryl methyl sites for hydroxylation is 1. The quantitative estimate of drug-likeness (QED) is 0.770. The maximum absolute atomic E-state index is 4.37. The van der Waals surface area contributed by atoms with E-state index in [0.717, 1.165) is 26.1 Å². The summed E-state index contributed by atoms with van der Waals surface area (Å²) in [4.78, 5) is 0. The number of hydrogen-bond acceptors (Lipinski definition) is 2. The van der Waals surface area contributed by atoms with Crippen molar-refractivity contribution in [3.05, 3.63) is 42.2 Å². The molecule has 0 amide bonds. The van der Waals surface area contributed by atoms with Gasteiger partial charge in [0.2, 0.25) is 0 Å². The second kappa shape index (κ2) is 7.10. The molecule has 3 heteroatoms. The van der Waals surface area contributed by atoms with Crippen molar-refractivity contribution in [3.63, 3.8) is 0 Å². The molecule has 0 aliphatic carbocycles. The molecular weight excluding hydrogens is 234 g/mol. The van der Waals surface area contributed by atoms with E-state index in [1.54, 1.807) is 0 Å². The van der Waals surface area contributed by atoms with Gasteiger partial charge in [0.1, 0.15) is 0 Å². The number of nitrogens with zero attached hydrogens (tertiary/aromatic N) is 2. The summed E-state index contributed by atoms with van der Waals surface area (Å²) in [5.41, 5.74) is 3.77. The average molecular weight is 257 g/mol. The Morgan fingerprint density at radius 2 is 1.84 bits per heavy atom. The molecule has 0 saturated carbocycles. The lowest BCUT2D eigenvalue weighted by molar-refractivity contribution is 0.603. The third-order valence-corrected chi connectivity index (χ3v) is 3.13. The fourth-order valence-electron chi connectivity index (χ4n) is 2.09. The summed E-state index contributed by atoms with van der Waals surface area (Å²) in [6.07, 6.45) is 6.35. The fraction of sp³-hybridized carbons (Fsp3) is 0.438. The Bertz CT molecular complexity index is 485. The summed E-state index contributed by atoms with van der Waals surface area (Å²) >= 11 is 0. The zero-order valence-corrected chi connectivity index (χ0v) is 11.9. The van der Waals surface area contributed by atoms with Gasteiger partial charge in [0.05, 0.1) is 6.20 Å². The first-order chi connectivity index (χ1) is 9.33. The molecule has 1 N–H and O–H groups in total. The summed E-state index contributed by atoms with van der Waals surface area (Å²) in [7, 11) is 0. The summed E-state index contributed by atoms with van der Waals surface area (Å²) in [5.74, 6) is 0. The Kier molecular flexibility index (Phi) is 5.16. The van der Waals surface area contributed by atoms with Gasteiger partial charge >= 0.3 is 0 Å². The minimum atomic E-state index is 0.948. The predicted octanol–water partition coefficient (Wildman–Crippen LogP) is 3.46. The fourth-order valence-corrected chi connectivity index (χ4v) is 2.09. The zero-order valence-electron chi connectivity index (χ0n) is 11.9. The number of hydrogen-bond donors (Lipinski definition) is 1. The first-order valence-electron chi connectivity index (χ1n) is 7.16. The Morgan fingerprint density at radius 1 is 1.05 bits per heavy atom. The molecule has 1 aromatic heterocycles. The third-order valence-electron chi connectivity index (χ3n) is 3.13.